The van der Waals surface area contributed by atoms with Gasteiger partial charge in [0.15, 0.2) is 0 Å². The minimum absolute atomic E-state index is 0.0806. The summed E-state index contributed by atoms with van der Waals surface area (Å²) in [4.78, 5) is 10.5. The zero-order chi connectivity index (χ0) is 13.0. The fourth-order valence-corrected chi connectivity index (χ4v) is 2.26. The van der Waals surface area contributed by atoms with Crippen LogP contribution in [0.4, 0.5) is 0 Å². The molecule has 2 rings (SSSR count). The monoisotopic (exact) mass is 264 g/mol. The molecule has 1 aromatic carbocycles. The van der Waals surface area contributed by atoms with Crippen molar-refractivity contribution in [2.75, 3.05) is 7.11 Å². The molecule has 0 aliphatic carbocycles. The predicted molar refractivity (Wildman–Crippen MR) is 67.9 cm³/mol. The lowest BCUT2D eigenvalue weighted by molar-refractivity contribution is -0.136. The Kier molecular flexibility index (Phi) is 3.88. The van der Waals surface area contributed by atoms with Gasteiger partial charge in [0.25, 0.3) is 0 Å². The van der Waals surface area contributed by atoms with Gasteiger partial charge < -0.3 is 9.84 Å². The molecule has 18 heavy (non-hydrogen) atoms. The number of carbonyl (C=O) groups is 1. The van der Waals surface area contributed by atoms with Gasteiger partial charge in [-0.2, -0.15) is 0 Å². The van der Waals surface area contributed by atoms with E-state index in [1.165, 1.54) is 11.3 Å². The second kappa shape index (κ2) is 5.59. The zero-order valence-corrected chi connectivity index (χ0v) is 10.6. The minimum atomic E-state index is -0.823. The van der Waals surface area contributed by atoms with E-state index in [9.17, 15) is 4.79 Å². The Morgan fingerprint density at radius 2 is 2.06 bits per heavy atom. The van der Waals surface area contributed by atoms with E-state index in [1.807, 2.05) is 24.3 Å². The third kappa shape index (κ3) is 3.04. The number of aliphatic carboxylic acids is 1. The van der Waals surface area contributed by atoms with Crippen LogP contribution < -0.4 is 4.74 Å². The van der Waals surface area contributed by atoms with Gasteiger partial charge in [-0.05, 0) is 24.3 Å². The number of hydrogen-bond acceptors (Lipinski definition) is 5. The molecule has 1 N–H and O–H groups in total. The number of ether oxygens (including phenoxy) is 1. The summed E-state index contributed by atoms with van der Waals surface area (Å²) >= 11 is 1.42. The van der Waals surface area contributed by atoms with E-state index in [0.29, 0.717) is 6.42 Å². The molecule has 0 spiro atoms. The first-order chi connectivity index (χ1) is 8.69. The molecule has 0 unspecified atom stereocenters. The summed E-state index contributed by atoms with van der Waals surface area (Å²) in [6.07, 6.45) is 0.500. The van der Waals surface area contributed by atoms with Crippen molar-refractivity contribution in [1.29, 1.82) is 0 Å². The first-order valence-electron chi connectivity index (χ1n) is 5.37. The highest BCUT2D eigenvalue weighted by Crippen LogP contribution is 2.25. The highest BCUT2D eigenvalue weighted by Gasteiger charge is 2.08. The van der Waals surface area contributed by atoms with Crippen molar-refractivity contribution in [2.24, 2.45) is 0 Å². The average molecular weight is 264 g/mol. The second-order valence-electron chi connectivity index (χ2n) is 3.62. The lowest BCUT2D eigenvalue weighted by atomic mass is 10.2. The fraction of sp³-hybridized carbons (Fsp3) is 0.250. The number of aromatic nitrogens is 2. The third-order valence-electron chi connectivity index (χ3n) is 2.36. The van der Waals surface area contributed by atoms with Gasteiger partial charge in [0, 0.05) is 12.0 Å². The molecule has 0 saturated carbocycles. The number of nitrogens with zero attached hydrogens (tertiary/aromatic N) is 2. The van der Waals surface area contributed by atoms with Crippen molar-refractivity contribution in [3.8, 4) is 16.3 Å². The van der Waals surface area contributed by atoms with Crippen molar-refractivity contribution in [3.05, 3.63) is 29.3 Å². The SMILES string of the molecule is COc1ccc(-c2nnc(CCC(=O)O)s2)cc1. The third-order valence-corrected chi connectivity index (χ3v) is 3.39. The highest BCUT2D eigenvalue weighted by molar-refractivity contribution is 7.14. The van der Waals surface area contributed by atoms with Crippen molar-refractivity contribution < 1.29 is 14.6 Å². The molecular weight excluding hydrogens is 252 g/mol. The Labute approximate surface area is 108 Å². The van der Waals surface area contributed by atoms with Gasteiger partial charge in [-0.3, -0.25) is 4.79 Å². The molecule has 0 bridgehead atoms. The Morgan fingerprint density at radius 3 is 2.67 bits per heavy atom. The van der Waals surface area contributed by atoms with E-state index in [4.69, 9.17) is 9.84 Å². The fourth-order valence-electron chi connectivity index (χ4n) is 1.42. The van der Waals surface area contributed by atoms with Crippen LogP contribution >= 0.6 is 11.3 Å². The van der Waals surface area contributed by atoms with Crippen molar-refractivity contribution in [3.63, 3.8) is 0 Å². The Balaban J connectivity index is 2.10. The number of aryl methyl sites for hydroxylation is 1. The molecule has 0 saturated heterocycles. The van der Waals surface area contributed by atoms with Crippen LogP contribution in [0.3, 0.4) is 0 Å². The largest absolute Gasteiger partial charge is 0.497 e. The molecule has 2 aromatic rings. The van der Waals surface area contributed by atoms with Crippen molar-refractivity contribution >= 4 is 17.3 Å². The molecular formula is C12H12N2O3S. The smallest absolute Gasteiger partial charge is 0.303 e. The quantitative estimate of drug-likeness (QED) is 0.896. The number of carboxylic acid groups (broad SMARTS) is 1. The standard InChI is InChI=1S/C12H12N2O3S/c1-17-9-4-2-8(3-5-9)12-14-13-10(18-12)6-7-11(15)16/h2-5H,6-7H2,1H3,(H,15,16). The summed E-state index contributed by atoms with van der Waals surface area (Å²) in [5, 5.41) is 18.2. The van der Waals surface area contributed by atoms with Crippen LogP contribution in [0.15, 0.2) is 24.3 Å². The Hall–Kier alpha value is -1.95. The van der Waals surface area contributed by atoms with Crippen LogP contribution in [0.5, 0.6) is 5.75 Å². The second-order valence-corrected chi connectivity index (χ2v) is 4.69. The van der Waals surface area contributed by atoms with Crippen LogP contribution in [0.2, 0.25) is 0 Å². The summed E-state index contributed by atoms with van der Waals surface area (Å²) in [5.74, 6) is -0.0365. The maximum atomic E-state index is 10.5. The molecule has 1 aromatic heterocycles. The van der Waals surface area contributed by atoms with Crippen molar-refractivity contribution in [1.82, 2.24) is 10.2 Å². The molecule has 0 aliphatic heterocycles. The van der Waals surface area contributed by atoms with Crippen molar-refractivity contribution in [2.45, 2.75) is 12.8 Å². The Bertz CT molecular complexity index is 537. The summed E-state index contributed by atoms with van der Waals surface area (Å²) in [6.45, 7) is 0. The molecule has 0 amide bonds. The van der Waals surface area contributed by atoms with Crippen LogP contribution in [-0.2, 0) is 11.2 Å². The number of rotatable bonds is 5. The molecule has 94 valence electrons. The molecule has 0 radical (unpaired) electrons. The predicted octanol–water partition coefficient (Wildman–Crippen LogP) is 2.23. The molecule has 0 atom stereocenters. The lowest BCUT2D eigenvalue weighted by Gasteiger charge is -1.99. The Morgan fingerprint density at radius 1 is 1.33 bits per heavy atom. The van der Waals surface area contributed by atoms with E-state index < -0.39 is 5.97 Å². The van der Waals surface area contributed by atoms with E-state index in [2.05, 4.69) is 10.2 Å². The van der Waals surface area contributed by atoms with E-state index >= 15 is 0 Å². The molecule has 6 heteroatoms. The van der Waals surface area contributed by atoms with Crippen LogP contribution in [0.1, 0.15) is 11.4 Å². The molecule has 5 nitrogen and oxygen atoms in total. The van der Waals surface area contributed by atoms with Crippen LogP contribution in [0, 0.1) is 0 Å². The summed E-state index contributed by atoms with van der Waals surface area (Å²) in [7, 11) is 1.62. The van der Waals surface area contributed by atoms with Gasteiger partial charge in [-0.1, -0.05) is 11.3 Å². The molecule has 1 heterocycles. The van der Waals surface area contributed by atoms with Gasteiger partial charge in [0.2, 0.25) is 0 Å². The number of benzene rings is 1. The topological polar surface area (TPSA) is 72.3 Å². The normalized spacial score (nSPS) is 10.3. The lowest BCUT2D eigenvalue weighted by Crippen LogP contribution is -1.96. The number of hydrogen-bond donors (Lipinski definition) is 1. The summed E-state index contributed by atoms with van der Waals surface area (Å²) in [5.41, 5.74) is 0.954. The van der Waals surface area contributed by atoms with Crippen LogP contribution in [-0.4, -0.2) is 28.4 Å². The number of carboxylic acids is 1. The molecule has 0 aliphatic rings. The van der Waals surface area contributed by atoms with E-state index in [1.54, 1.807) is 7.11 Å². The van der Waals surface area contributed by atoms with Crippen LogP contribution in [0.25, 0.3) is 10.6 Å². The van der Waals surface area contributed by atoms with Gasteiger partial charge in [-0.25, -0.2) is 0 Å². The van der Waals surface area contributed by atoms with E-state index in [0.717, 1.165) is 21.3 Å². The highest BCUT2D eigenvalue weighted by atomic mass is 32.1. The first kappa shape index (κ1) is 12.5. The van der Waals surface area contributed by atoms with Gasteiger partial charge >= 0.3 is 5.97 Å². The molecule has 0 fully saturated rings. The van der Waals surface area contributed by atoms with Gasteiger partial charge in [0.1, 0.15) is 15.8 Å². The maximum absolute atomic E-state index is 10.5. The summed E-state index contributed by atoms with van der Waals surface area (Å²) < 4.78 is 5.08. The minimum Gasteiger partial charge on any atom is -0.497 e. The maximum Gasteiger partial charge on any atom is 0.303 e. The van der Waals surface area contributed by atoms with E-state index in [-0.39, 0.29) is 6.42 Å². The first-order valence-corrected chi connectivity index (χ1v) is 6.19. The number of methoxy groups -OCH3 is 1. The van der Waals surface area contributed by atoms with Gasteiger partial charge in [-0.15, -0.1) is 10.2 Å². The average Bonchev–Trinajstić information content (AvgIpc) is 2.85. The summed E-state index contributed by atoms with van der Waals surface area (Å²) in [6, 6.07) is 7.52. The zero-order valence-electron chi connectivity index (χ0n) is 9.79. The van der Waals surface area contributed by atoms with Gasteiger partial charge in [0.05, 0.1) is 13.5 Å².